The van der Waals surface area contributed by atoms with Crippen molar-refractivity contribution in [3.8, 4) is 0 Å². The summed E-state index contributed by atoms with van der Waals surface area (Å²) in [5.74, 6) is 0. The van der Waals surface area contributed by atoms with Crippen molar-refractivity contribution < 1.29 is 8.42 Å². The Bertz CT molecular complexity index is 786. The molecule has 1 fully saturated rings. The Balaban J connectivity index is 0.00000208. The number of fused-ring (bicyclic) bond motifs is 1. The van der Waals surface area contributed by atoms with Gasteiger partial charge in [-0.1, -0.05) is 25.3 Å². The van der Waals surface area contributed by atoms with E-state index in [2.05, 4.69) is 18.4 Å². The van der Waals surface area contributed by atoms with Crippen LogP contribution in [-0.4, -0.2) is 48.2 Å². The van der Waals surface area contributed by atoms with Crippen LogP contribution in [0.2, 0.25) is 0 Å². The summed E-state index contributed by atoms with van der Waals surface area (Å²) in [6.45, 7) is 0.427. The lowest BCUT2D eigenvalue weighted by atomic mass is 9.81. The summed E-state index contributed by atoms with van der Waals surface area (Å²) in [7, 11) is 0.465. The minimum atomic E-state index is -3.60. The number of nitrogens with one attached hydrogen (secondary N) is 1. The lowest BCUT2D eigenvalue weighted by Crippen LogP contribution is -2.53. The summed E-state index contributed by atoms with van der Waals surface area (Å²) >= 11 is 1.03. The first-order valence-electron chi connectivity index (χ1n) is 7.83. The van der Waals surface area contributed by atoms with Crippen LogP contribution in [0.4, 0.5) is 0 Å². The van der Waals surface area contributed by atoms with Crippen LogP contribution >= 0.6 is 24.1 Å². The molecular formula is C15H23ClN4O2S2. The largest absolute Gasteiger partial charge is 0.302 e. The number of rotatable bonds is 5. The molecule has 3 rings (SSSR count). The van der Waals surface area contributed by atoms with E-state index in [-0.39, 0.29) is 22.8 Å². The molecule has 0 amide bonds. The Morgan fingerprint density at radius 3 is 2.58 bits per heavy atom. The predicted molar refractivity (Wildman–Crippen MR) is 99.4 cm³/mol. The van der Waals surface area contributed by atoms with E-state index >= 15 is 0 Å². The molecule has 2 aromatic rings. The normalized spacial score (nSPS) is 17.8. The molecule has 1 aromatic carbocycles. The second-order valence-electron chi connectivity index (χ2n) is 6.39. The Labute approximate surface area is 153 Å². The minimum absolute atomic E-state index is 0. The van der Waals surface area contributed by atoms with E-state index in [1.165, 1.54) is 6.42 Å². The van der Waals surface area contributed by atoms with E-state index in [1.54, 1.807) is 18.2 Å². The first-order valence-corrected chi connectivity index (χ1v) is 10.0. The van der Waals surface area contributed by atoms with E-state index in [0.29, 0.717) is 17.6 Å². The Kier molecular flexibility index (Phi) is 6.19. The third-order valence-electron chi connectivity index (χ3n) is 4.86. The number of sulfonamides is 1. The number of halogens is 1. The van der Waals surface area contributed by atoms with Crippen LogP contribution in [0.3, 0.4) is 0 Å². The summed E-state index contributed by atoms with van der Waals surface area (Å²) in [6.07, 6.45) is 5.55. The second kappa shape index (κ2) is 7.61. The molecule has 0 atom stereocenters. The lowest BCUT2D eigenvalue weighted by Gasteiger charge is -2.43. The van der Waals surface area contributed by atoms with Gasteiger partial charge in [-0.3, -0.25) is 0 Å². The van der Waals surface area contributed by atoms with Gasteiger partial charge in [-0.25, -0.2) is 13.1 Å². The van der Waals surface area contributed by atoms with Crippen molar-refractivity contribution in [3.05, 3.63) is 18.2 Å². The highest BCUT2D eigenvalue weighted by molar-refractivity contribution is 7.89. The predicted octanol–water partition coefficient (Wildman–Crippen LogP) is 2.66. The van der Waals surface area contributed by atoms with Gasteiger partial charge in [0.25, 0.3) is 0 Å². The van der Waals surface area contributed by atoms with Crippen molar-refractivity contribution in [2.75, 3.05) is 20.6 Å². The van der Waals surface area contributed by atoms with Crippen LogP contribution in [0.1, 0.15) is 32.1 Å². The topological polar surface area (TPSA) is 75.2 Å². The van der Waals surface area contributed by atoms with Gasteiger partial charge in [0.2, 0.25) is 10.0 Å². The molecule has 1 saturated carbocycles. The highest BCUT2D eigenvalue weighted by atomic mass is 35.5. The average Bonchev–Trinajstić information content (AvgIpc) is 3.02. The molecule has 134 valence electrons. The average molecular weight is 391 g/mol. The first-order chi connectivity index (χ1) is 10.9. The van der Waals surface area contributed by atoms with Gasteiger partial charge in [0, 0.05) is 12.1 Å². The SMILES string of the molecule is CN(C)C1(CNS(=O)(=O)c2cccc3nsnc23)CCCCC1.Cl. The molecule has 1 aromatic heterocycles. The minimum Gasteiger partial charge on any atom is -0.302 e. The van der Waals surface area contributed by atoms with Gasteiger partial charge in [0.15, 0.2) is 0 Å². The molecule has 0 aliphatic heterocycles. The first kappa shape index (κ1) is 19.5. The molecule has 1 N–H and O–H groups in total. The maximum Gasteiger partial charge on any atom is 0.242 e. The third-order valence-corrected chi connectivity index (χ3v) is 6.84. The van der Waals surface area contributed by atoms with Gasteiger partial charge in [-0.2, -0.15) is 8.75 Å². The lowest BCUT2D eigenvalue weighted by molar-refractivity contribution is 0.105. The van der Waals surface area contributed by atoms with E-state index < -0.39 is 10.0 Å². The van der Waals surface area contributed by atoms with Crippen molar-refractivity contribution in [3.63, 3.8) is 0 Å². The van der Waals surface area contributed by atoms with E-state index in [1.807, 2.05) is 14.1 Å². The Hall–Kier alpha value is -0.800. The van der Waals surface area contributed by atoms with Crippen LogP contribution < -0.4 is 4.72 Å². The molecule has 24 heavy (non-hydrogen) atoms. The number of likely N-dealkylation sites (N-methyl/N-ethyl adjacent to an activating group) is 1. The summed E-state index contributed by atoms with van der Waals surface area (Å²) in [4.78, 5) is 2.38. The Morgan fingerprint density at radius 2 is 1.92 bits per heavy atom. The summed E-state index contributed by atoms with van der Waals surface area (Å²) in [5, 5.41) is 0. The van der Waals surface area contributed by atoms with E-state index in [9.17, 15) is 8.42 Å². The van der Waals surface area contributed by atoms with Crippen molar-refractivity contribution in [1.29, 1.82) is 0 Å². The van der Waals surface area contributed by atoms with Crippen LogP contribution in [0, 0.1) is 0 Å². The highest BCUT2D eigenvalue weighted by Crippen LogP contribution is 2.32. The molecule has 1 aliphatic carbocycles. The fourth-order valence-corrected chi connectivity index (χ4v) is 5.18. The van der Waals surface area contributed by atoms with Gasteiger partial charge in [-0.05, 0) is 39.1 Å². The number of benzene rings is 1. The standard InChI is InChI=1S/C15H22N4O2S2.ClH/c1-19(2)15(9-4-3-5-10-15)11-16-23(20,21)13-8-6-7-12-14(13)18-22-17-12;/h6-8,16H,3-5,9-11H2,1-2H3;1H. The molecule has 0 unspecified atom stereocenters. The fraction of sp³-hybridized carbons (Fsp3) is 0.600. The van der Waals surface area contributed by atoms with Crippen molar-refractivity contribution in [1.82, 2.24) is 18.4 Å². The van der Waals surface area contributed by atoms with Gasteiger partial charge in [-0.15, -0.1) is 12.4 Å². The second-order valence-corrected chi connectivity index (χ2v) is 8.66. The number of hydrogen-bond donors (Lipinski definition) is 1. The number of hydrogen-bond acceptors (Lipinski definition) is 6. The molecule has 9 heteroatoms. The summed E-state index contributed by atoms with van der Waals surface area (Å²) in [6, 6.07) is 5.08. The molecule has 0 saturated heterocycles. The Morgan fingerprint density at radius 1 is 1.21 bits per heavy atom. The quantitative estimate of drug-likeness (QED) is 0.849. The van der Waals surface area contributed by atoms with Crippen LogP contribution in [0.5, 0.6) is 0 Å². The molecule has 1 heterocycles. The van der Waals surface area contributed by atoms with Crippen LogP contribution in [0.25, 0.3) is 11.0 Å². The van der Waals surface area contributed by atoms with E-state index in [0.717, 1.165) is 37.4 Å². The molecule has 1 aliphatic rings. The van der Waals surface area contributed by atoms with Crippen LogP contribution in [-0.2, 0) is 10.0 Å². The molecular weight excluding hydrogens is 368 g/mol. The van der Waals surface area contributed by atoms with Crippen molar-refractivity contribution >= 4 is 45.2 Å². The zero-order valence-electron chi connectivity index (χ0n) is 13.9. The highest BCUT2D eigenvalue weighted by Gasteiger charge is 2.35. The smallest absolute Gasteiger partial charge is 0.242 e. The molecule has 0 radical (unpaired) electrons. The molecule has 0 spiro atoms. The molecule has 6 nitrogen and oxygen atoms in total. The van der Waals surface area contributed by atoms with Crippen LogP contribution in [0.15, 0.2) is 23.1 Å². The van der Waals surface area contributed by atoms with Gasteiger partial charge < -0.3 is 4.90 Å². The zero-order chi connectivity index (χ0) is 16.5. The summed E-state index contributed by atoms with van der Waals surface area (Å²) in [5.41, 5.74) is 0.977. The van der Waals surface area contributed by atoms with Gasteiger partial charge in [0.1, 0.15) is 15.9 Å². The third kappa shape index (κ3) is 3.72. The number of aromatic nitrogens is 2. The zero-order valence-corrected chi connectivity index (χ0v) is 16.3. The monoisotopic (exact) mass is 390 g/mol. The summed E-state index contributed by atoms with van der Waals surface area (Å²) < 4.78 is 36.6. The maximum absolute atomic E-state index is 12.8. The fourth-order valence-electron chi connectivity index (χ4n) is 3.30. The maximum atomic E-state index is 12.8. The number of nitrogens with zero attached hydrogens (tertiary/aromatic N) is 3. The van der Waals surface area contributed by atoms with Crippen molar-refractivity contribution in [2.45, 2.75) is 42.5 Å². The van der Waals surface area contributed by atoms with Gasteiger partial charge >= 0.3 is 0 Å². The molecule has 0 bridgehead atoms. The van der Waals surface area contributed by atoms with Gasteiger partial charge in [0.05, 0.1) is 11.7 Å². The van der Waals surface area contributed by atoms with Crippen molar-refractivity contribution in [2.24, 2.45) is 0 Å². The van der Waals surface area contributed by atoms with E-state index in [4.69, 9.17) is 0 Å².